The van der Waals surface area contributed by atoms with Gasteiger partial charge in [-0.3, -0.25) is 4.79 Å². The molecular weight excluding hydrogens is 376 g/mol. The van der Waals surface area contributed by atoms with Gasteiger partial charge < -0.3 is 19.7 Å². The molecule has 1 aliphatic heterocycles. The van der Waals surface area contributed by atoms with Gasteiger partial charge in [-0.1, -0.05) is 29.8 Å². The summed E-state index contributed by atoms with van der Waals surface area (Å²) < 4.78 is 11.2. The number of ether oxygens (including phenoxy) is 2. The molecule has 1 saturated heterocycles. The van der Waals surface area contributed by atoms with Crippen LogP contribution in [-0.4, -0.2) is 37.6 Å². The van der Waals surface area contributed by atoms with Crippen molar-refractivity contribution in [3.8, 4) is 11.5 Å². The molecule has 2 aromatic rings. The SMILES string of the molecule is COc1cc(CN[C@@H](C)c2cccc(Cl)c2)ccc1OCC(=O)N1CCCC1. The topological polar surface area (TPSA) is 50.8 Å². The Morgan fingerprint density at radius 3 is 2.68 bits per heavy atom. The van der Waals surface area contributed by atoms with E-state index < -0.39 is 0 Å². The fourth-order valence-corrected chi connectivity index (χ4v) is 3.50. The van der Waals surface area contributed by atoms with E-state index in [0.29, 0.717) is 18.0 Å². The lowest BCUT2D eigenvalue weighted by atomic mass is 10.1. The highest BCUT2D eigenvalue weighted by atomic mass is 35.5. The van der Waals surface area contributed by atoms with E-state index in [9.17, 15) is 4.79 Å². The van der Waals surface area contributed by atoms with Crippen LogP contribution < -0.4 is 14.8 Å². The number of methoxy groups -OCH3 is 1. The van der Waals surface area contributed by atoms with E-state index >= 15 is 0 Å². The van der Waals surface area contributed by atoms with Crippen molar-refractivity contribution in [1.29, 1.82) is 0 Å². The van der Waals surface area contributed by atoms with E-state index in [4.69, 9.17) is 21.1 Å². The predicted octanol–water partition coefficient (Wildman–Crippen LogP) is 4.20. The first-order valence-electron chi connectivity index (χ1n) is 9.63. The van der Waals surface area contributed by atoms with Gasteiger partial charge in [-0.15, -0.1) is 0 Å². The van der Waals surface area contributed by atoms with Crippen LogP contribution in [0.1, 0.15) is 36.9 Å². The molecular formula is C22H27ClN2O3. The van der Waals surface area contributed by atoms with Gasteiger partial charge in [-0.2, -0.15) is 0 Å². The summed E-state index contributed by atoms with van der Waals surface area (Å²) in [4.78, 5) is 14.0. The van der Waals surface area contributed by atoms with Gasteiger partial charge in [-0.05, 0) is 55.2 Å². The average Bonchev–Trinajstić information content (AvgIpc) is 3.25. The normalized spacial score (nSPS) is 14.8. The van der Waals surface area contributed by atoms with Gasteiger partial charge in [0.1, 0.15) is 0 Å². The lowest BCUT2D eigenvalue weighted by Crippen LogP contribution is -2.32. The first-order valence-corrected chi connectivity index (χ1v) is 10.0. The molecule has 6 heteroatoms. The van der Waals surface area contributed by atoms with Crippen molar-refractivity contribution < 1.29 is 14.3 Å². The highest BCUT2D eigenvalue weighted by Gasteiger charge is 2.19. The molecule has 1 amide bonds. The number of amides is 1. The summed E-state index contributed by atoms with van der Waals surface area (Å²) in [6.45, 7) is 4.48. The minimum absolute atomic E-state index is 0.0284. The van der Waals surface area contributed by atoms with Crippen LogP contribution in [0, 0.1) is 0 Å². The average molecular weight is 403 g/mol. The summed E-state index contributed by atoms with van der Waals surface area (Å²) >= 11 is 6.07. The molecule has 0 aromatic heterocycles. The summed E-state index contributed by atoms with van der Waals surface area (Å²) in [6.07, 6.45) is 2.15. The third kappa shape index (κ3) is 5.40. The van der Waals surface area contributed by atoms with Gasteiger partial charge in [-0.25, -0.2) is 0 Å². The summed E-state index contributed by atoms with van der Waals surface area (Å²) in [6, 6.07) is 13.8. The number of likely N-dealkylation sites (tertiary alicyclic amines) is 1. The number of nitrogens with one attached hydrogen (secondary N) is 1. The monoisotopic (exact) mass is 402 g/mol. The number of halogens is 1. The minimum atomic E-state index is 0.0284. The Hall–Kier alpha value is -2.24. The van der Waals surface area contributed by atoms with Crippen molar-refractivity contribution >= 4 is 17.5 Å². The maximum absolute atomic E-state index is 12.2. The summed E-state index contributed by atoms with van der Waals surface area (Å²) in [5.74, 6) is 1.24. The minimum Gasteiger partial charge on any atom is -0.493 e. The first-order chi connectivity index (χ1) is 13.6. The Balaban J connectivity index is 1.57. The van der Waals surface area contributed by atoms with E-state index in [-0.39, 0.29) is 18.6 Å². The number of benzene rings is 2. The lowest BCUT2D eigenvalue weighted by molar-refractivity contribution is -0.132. The maximum atomic E-state index is 12.2. The molecule has 0 unspecified atom stereocenters. The second-order valence-corrected chi connectivity index (χ2v) is 7.46. The van der Waals surface area contributed by atoms with Crippen LogP contribution in [0.2, 0.25) is 5.02 Å². The van der Waals surface area contributed by atoms with Crippen molar-refractivity contribution in [2.45, 2.75) is 32.4 Å². The summed E-state index contributed by atoms with van der Waals surface area (Å²) in [5, 5.41) is 4.22. The van der Waals surface area contributed by atoms with Crippen molar-refractivity contribution in [2.24, 2.45) is 0 Å². The van der Waals surface area contributed by atoms with Gasteiger partial charge in [0.25, 0.3) is 5.91 Å². The fraction of sp³-hybridized carbons (Fsp3) is 0.409. The zero-order valence-electron chi connectivity index (χ0n) is 16.4. The summed E-state index contributed by atoms with van der Waals surface area (Å²) in [5.41, 5.74) is 2.21. The van der Waals surface area contributed by atoms with Gasteiger partial charge >= 0.3 is 0 Å². The predicted molar refractivity (Wildman–Crippen MR) is 111 cm³/mol. The molecule has 0 spiro atoms. The molecule has 0 radical (unpaired) electrons. The third-order valence-electron chi connectivity index (χ3n) is 5.00. The molecule has 1 atom stereocenters. The van der Waals surface area contributed by atoms with Crippen LogP contribution in [-0.2, 0) is 11.3 Å². The van der Waals surface area contributed by atoms with Crippen LogP contribution in [0.25, 0.3) is 0 Å². The molecule has 1 heterocycles. The second kappa shape index (κ2) is 9.80. The third-order valence-corrected chi connectivity index (χ3v) is 5.23. The lowest BCUT2D eigenvalue weighted by Gasteiger charge is -2.18. The van der Waals surface area contributed by atoms with Crippen LogP contribution in [0.3, 0.4) is 0 Å². The zero-order valence-corrected chi connectivity index (χ0v) is 17.2. The number of hydrogen-bond acceptors (Lipinski definition) is 4. The van der Waals surface area contributed by atoms with Crippen molar-refractivity contribution in [2.75, 3.05) is 26.8 Å². The molecule has 0 bridgehead atoms. The first kappa shape index (κ1) is 20.5. The number of hydrogen-bond donors (Lipinski definition) is 1. The van der Waals surface area contributed by atoms with E-state index in [1.165, 1.54) is 0 Å². The highest BCUT2D eigenvalue weighted by molar-refractivity contribution is 6.30. The second-order valence-electron chi connectivity index (χ2n) is 7.02. The molecule has 3 rings (SSSR count). The molecule has 150 valence electrons. The molecule has 5 nitrogen and oxygen atoms in total. The molecule has 1 fully saturated rings. The maximum Gasteiger partial charge on any atom is 0.260 e. The van der Waals surface area contributed by atoms with Crippen LogP contribution in [0.5, 0.6) is 11.5 Å². The Labute approximate surface area is 171 Å². The number of rotatable bonds is 8. The van der Waals surface area contributed by atoms with Crippen LogP contribution in [0.15, 0.2) is 42.5 Å². The van der Waals surface area contributed by atoms with Crippen molar-refractivity contribution in [1.82, 2.24) is 10.2 Å². The number of carbonyl (C=O) groups is 1. The Kier molecular flexibility index (Phi) is 7.18. The van der Waals surface area contributed by atoms with E-state index in [1.54, 1.807) is 7.11 Å². The molecule has 28 heavy (non-hydrogen) atoms. The Morgan fingerprint density at radius 2 is 1.96 bits per heavy atom. The smallest absolute Gasteiger partial charge is 0.260 e. The van der Waals surface area contributed by atoms with Crippen molar-refractivity contribution in [3.05, 3.63) is 58.6 Å². The number of nitrogens with zero attached hydrogens (tertiary/aromatic N) is 1. The van der Waals surface area contributed by atoms with Crippen LogP contribution >= 0.6 is 11.6 Å². The molecule has 1 aliphatic rings. The molecule has 0 aliphatic carbocycles. The standard InChI is InChI=1S/C22H27ClN2O3/c1-16(18-6-5-7-19(23)13-18)24-14-17-8-9-20(21(12-17)27-2)28-15-22(26)25-10-3-4-11-25/h5-9,12-13,16,24H,3-4,10-11,14-15H2,1-2H3/t16-/m0/s1. The van der Waals surface area contributed by atoms with Gasteiger partial charge in [0, 0.05) is 30.7 Å². The van der Waals surface area contributed by atoms with Crippen molar-refractivity contribution in [3.63, 3.8) is 0 Å². The van der Waals surface area contributed by atoms with E-state index in [2.05, 4.69) is 18.3 Å². The van der Waals surface area contributed by atoms with Gasteiger partial charge in [0.05, 0.1) is 7.11 Å². The number of carbonyl (C=O) groups excluding carboxylic acids is 1. The highest BCUT2D eigenvalue weighted by Crippen LogP contribution is 2.28. The van der Waals surface area contributed by atoms with Gasteiger partial charge in [0.2, 0.25) is 0 Å². The quantitative estimate of drug-likeness (QED) is 0.718. The van der Waals surface area contributed by atoms with Crippen LogP contribution in [0.4, 0.5) is 0 Å². The Bertz CT molecular complexity index is 806. The van der Waals surface area contributed by atoms with Gasteiger partial charge in [0.15, 0.2) is 18.1 Å². The molecule has 0 saturated carbocycles. The molecule has 1 N–H and O–H groups in total. The van der Waals surface area contributed by atoms with E-state index in [1.807, 2.05) is 41.3 Å². The molecule has 2 aromatic carbocycles. The largest absolute Gasteiger partial charge is 0.493 e. The zero-order chi connectivity index (χ0) is 19.9. The van der Waals surface area contributed by atoms with E-state index in [0.717, 1.165) is 42.1 Å². The summed E-state index contributed by atoms with van der Waals surface area (Å²) in [7, 11) is 1.61. The fourth-order valence-electron chi connectivity index (χ4n) is 3.30. The Morgan fingerprint density at radius 1 is 1.18 bits per heavy atom.